The summed E-state index contributed by atoms with van der Waals surface area (Å²) in [5, 5.41) is 19.9. The molecule has 3 N–H and O–H groups in total. The Hall–Kier alpha value is -2.79. The highest BCUT2D eigenvalue weighted by molar-refractivity contribution is 5.86. The molecule has 2 heterocycles. The number of nitrogens with zero attached hydrogens (tertiary/aromatic N) is 3. The lowest BCUT2D eigenvalue weighted by molar-refractivity contribution is -0.139. The van der Waals surface area contributed by atoms with E-state index in [1.54, 1.807) is 12.1 Å². The van der Waals surface area contributed by atoms with Crippen molar-refractivity contribution in [1.29, 1.82) is 5.26 Å². The molecular weight excluding hydrogens is 420 g/mol. The maximum absolute atomic E-state index is 13.6. The summed E-state index contributed by atoms with van der Waals surface area (Å²) in [6.45, 7) is 6.02. The highest BCUT2D eigenvalue weighted by Gasteiger charge is 2.51. The predicted octanol–water partition coefficient (Wildman–Crippen LogP) is 3.26. The van der Waals surface area contributed by atoms with Crippen molar-refractivity contribution in [2.45, 2.75) is 76.9 Å². The number of aliphatic hydroxyl groups is 1. The summed E-state index contributed by atoms with van der Waals surface area (Å²) in [7, 11) is 0. The molecule has 8 heteroatoms. The topological polar surface area (TPSA) is 120 Å². The molecule has 1 aromatic carbocycles. The molecule has 1 saturated carbocycles. The maximum Gasteiger partial charge on any atom is 0.409 e. The van der Waals surface area contributed by atoms with E-state index in [-0.39, 0.29) is 24.0 Å². The first-order valence-corrected chi connectivity index (χ1v) is 12.0. The molecule has 2 amide bonds. The maximum atomic E-state index is 13.6. The number of aliphatic hydroxyl groups excluding tert-OH is 1. The minimum Gasteiger partial charge on any atom is -0.410 e. The first kappa shape index (κ1) is 23.4. The molecule has 2 aliphatic heterocycles. The van der Waals surface area contributed by atoms with Crippen molar-refractivity contribution < 1.29 is 19.4 Å². The van der Waals surface area contributed by atoms with Gasteiger partial charge in [0.05, 0.1) is 22.8 Å². The molecule has 2 saturated heterocycles. The summed E-state index contributed by atoms with van der Waals surface area (Å²) in [6.07, 6.45) is 4.67. The second-order valence-electron chi connectivity index (χ2n) is 10.1. The molecular formula is C25H34N4O4. The number of hydrogen-bond donors (Lipinski definition) is 2. The van der Waals surface area contributed by atoms with Crippen LogP contribution in [0.15, 0.2) is 12.1 Å². The van der Waals surface area contributed by atoms with Gasteiger partial charge in [0.15, 0.2) is 0 Å². The van der Waals surface area contributed by atoms with Gasteiger partial charge in [-0.2, -0.15) is 5.26 Å². The van der Waals surface area contributed by atoms with E-state index in [2.05, 4.69) is 15.9 Å². The lowest BCUT2D eigenvalue weighted by Gasteiger charge is -2.42. The number of nitriles is 1. The van der Waals surface area contributed by atoms with Gasteiger partial charge in [-0.25, -0.2) is 4.79 Å². The van der Waals surface area contributed by atoms with E-state index in [1.165, 1.54) is 0 Å². The third-order valence-electron chi connectivity index (χ3n) is 7.65. The van der Waals surface area contributed by atoms with E-state index in [4.69, 9.17) is 10.5 Å². The fraction of sp³-hybridized carbons (Fsp3) is 0.640. The van der Waals surface area contributed by atoms with Crippen molar-refractivity contribution in [2.75, 3.05) is 24.5 Å². The fourth-order valence-electron chi connectivity index (χ4n) is 6.02. The molecule has 178 valence electrons. The lowest BCUT2D eigenvalue weighted by atomic mass is 9.78. The van der Waals surface area contributed by atoms with Crippen LogP contribution < -0.4 is 15.4 Å². The van der Waals surface area contributed by atoms with Crippen LogP contribution in [-0.4, -0.2) is 53.8 Å². The second-order valence-corrected chi connectivity index (χ2v) is 10.1. The van der Waals surface area contributed by atoms with Gasteiger partial charge in [-0.3, -0.25) is 4.79 Å². The number of piperidine rings is 1. The van der Waals surface area contributed by atoms with Gasteiger partial charge in [-0.15, -0.1) is 0 Å². The smallest absolute Gasteiger partial charge is 0.409 e. The molecule has 0 radical (unpaired) electrons. The minimum absolute atomic E-state index is 0.0436. The Bertz CT molecular complexity index is 964. The Morgan fingerprint density at radius 1 is 1.24 bits per heavy atom. The third-order valence-corrected chi connectivity index (χ3v) is 7.65. The number of carbonyl (C=O) groups excluding carboxylic acids is 2. The van der Waals surface area contributed by atoms with Gasteiger partial charge in [0.25, 0.3) is 0 Å². The molecule has 4 rings (SSSR count). The summed E-state index contributed by atoms with van der Waals surface area (Å²) < 4.78 is 5.18. The number of amides is 2. The zero-order chi connectivity index (χ0) is 23.8. The molecule has 0 unspecified atom stereocenters. The first-order chi connectivity index (χ1) is 15.8. The summed E-state index contributed by atoms with van der Waals surface area (Å²) in [5.41, 5.74) is 6.72. The highest BCUT2D eigenvalue weighted by Crippen LogP contribution is 2.45. The number of carbonyl (C=O) groups is 2. The largest absolute Gasteiger partial charge is 0.410 e. The Morgan fingerprint density at radius 3 is 2.61 bits per heavy atom. The number of nitrogens with two attached hydrogens (primary N) is 1. The predicted molar refractivity (Wildman–Crippen MR) is 124 cm³/mol. The Morgan fingerprint density at radius 2 is 1.97 bits per heavy atom. The van der Waals surface area contributed by atoms with E-state index in [0.717, 1.165) is 63.7 Å². The number of likely N-dealkylation sites (tertiary alicyclic amines) is 1. The number of benzene rings is 1. The molecule has 0 aromatic heterocycles. The van der Waals surface area contributed by atoms with E-state index >= 15 is 0 Å². The van der Waals surface area contributed by atoms with Crippen molar-refractivity contribution >= 4 is 17.7 Å². The van der Waals surface area contributed by atoms with Crippen LogP contribution in [0.3, 0.4) is 0 Å². The van der Waals surface area contributed by atoms with Gasteiger partial charge >= 0.3 is 6.09 Å². The number of ether oxygens (including phenoxy) is 1. The molecule has 33 heavy (non-hydrogen) atoms. The number of primary amides is 1. The van der Waals surface area contributed by atoms with E-state index in [1.807, 2.05) is 13.8 Å². The van der Waals surface area contributed by atoms with Gasteiger partial charge in [0.2, 0.25) is 5.91 Å². The summed E-state index contributed by atoms with van der Waals surface area (Å²) in [6, 6.07) is 6.05. The number of rotatable bonds is 4. The van der Waals surface area contributed by atoms with Crippen LogP contribution in [0.1, 0.15) is 75.8 Å². The Kier molecular flexibility index (Phi) is 6.53. The van der Waals surface area contributed by atoms with Crippen molar-refractivity contribution in [2.24, 2.45) is 11.1 Å². The standard InChI is InChI=1S/C25H34N4O4/c1-16(2)22-19(14-26)20(8-9-21(22)33-24(27)32)28-12-3-10-25(15-28)11-13-29(23(25)31)17-4-6-18(30)7-5-17/h8-9,16-18,30H,3-7,10-13,15H2,1-2H3,(H2,27,32)/t17?,18?,25-/m1/s1. The van der Waals surface area contributed by atoms with Crippen molar-refractivity contribution in [3.05, 3.63) is 23.3 Å². The van der Waals surface area contributed by atoms with Crippen LogP contribution in [0.2, 0.25) is 0 Å². The van der Waals surface area contributed by atoms with Crippen LogP contribution in [-0.2, 0) is 4.79 Å². The summed E-state index contributed by atoms with van der Waals surface area (Å²) in [5.74, 6) is 0.495. The lowest BCUT2D eigenvalue weighted by Crippen LogP contribution is -2.50. The van der Waals surface area contributed by atoms with Crippen molar-refractivity contribution in [3.8, 4) is 11.8 Å². The SMILES string of the molecule is CC(C)c1c(OC(N)=O)ccc(N2CCC[C@@]3(CCN(C4CCC(O)CC4)C3=O)C2)c1C#N. The minimum atomic E-state index is -0.905. The molecule has 8 nitrogen and oxygen atoms in total. The third kappa shape index (κ3) is 4.39. The van der Waals surface area contributed by atoms with Crippen LogP contribution in [0.4, 0.5) is 10.5 Å². The van der Waals surface area contributed by atoms with Crippen LogP contribution in [0, 0.1) is 16.7 Å². The molecule has 3 aliphatic rings. The van der Waals surface area contributed by atoms with Gasteiger partial charge in [0, 0.05) is 31.2 Å². The van der Waals surface area contributed by atoms with Gasteiger partial charge < -0.3 is 25.4 Å². The van der Waals surface area contributed by atoms with Crippen LogP contribution in [0.5, 0.6) is 5.75 Å². The molecule has 3 fully saturated rings. The zero-order valence-electron chi connectivity index (χ0n) is 19.5. The van der Waals surface area contributed by atoms with E-state index in [0.29, 0.717) is 23.4 Å². The zero-order valence-corrected chi connectivity index (χ0v) is 19.5. The average Bonchev–Trinajstić information content (AvgIpc) is 3.08. The monoisotopic (exact) mass is 454 g/mol. The molecule has 1 aliphatic carbocycles. The molecule has 0 bridgehead atoms. The number of anilines is 1. The van der Waals surface area contributed by atoms with Crippen molar-refractivity contribution in [1.82, 2.24) is 4.90 Å². The van der Waals surface area contributed by atoms with Gasteiger partial charge in [0.1, 0.15) is 11.8 Å². The van der Waals surface area contributed by atoms with Crippen molar-refractivity contribution in [3.63, 3.8) is 0 Å². The average molecular weight is 455 g/mol. The van der Waals surface area contributed by atoms with Crippen LogP contribution >= 0.6 is 0 Å². The Balaban J connectivity index is 1.60. The second kappa shape index (κ2) is 9.22. The summed E-state index contributed by atoms with van der Waals surface area (Å²) >= 11 is 0. The molecule has 1 aromatic rings. The van der Waals surface area contributed by atoms with E-state index in [9.17, 15) is 20.0 Å². The summed E-state index contributed by atoms with van der Waals surface area (Å²) in [4.78, 5) is 29.2. The van der Waals surface area contributed by atoms with E-state index < -0.39 is 11.5 Å². The highest BCUT2D eigenvalue weighted by atomic mass is 16.5. The molecule has 1 spiro atoms. The quantitative estimate of drug-likeness (QED) is 0.721. The Labute approximate surface area is 195 Å². The van der Waals surface area contributed by atoms with Gasteiger partial charge in [-0.05, 0) is 63.0 Å². The molecule has 1 atom stereocenters. The number of hydrogen-bond acceptors (Lipinski definition) is 6. The first-order valence-electron chi connectivity index (χ1n) is 12.0. The van der Waals surface area contributed by atoms with Gasteiger partial charge in [-0.1, -0.05) is 13.8 Å². The fourth-order valence-corrected chi connectivity index (χ4v) is 6.02. The normalized spacial score (nSPS) is 27.8. The van der Waals surface area contributed by atoms with Crippen LogP contribution in [0.25, 0.3) is 0 Å².